The SMILES string of the molecule is CCc1ccc(Nc2ncnc(Sc3cccc4cccnc34)c2[N+](=O)[O-])cc1. The largest absolute Gasteiger partial charge is 0.343 e. The maximum atomic E-state index is 11.8. The van der Waals surface area contributed by atoms with Crippen molar-refractivity contribution in [1.82, 2.24) is 15.0 Å². The molecule has 0 fully saturated rings. The summed E-state index contributed by atoms with van der Waals surface area (Å²) in [4.78, 5) is 24.9. The van der Waals surface area contributed by atoms with E-state index >= 15 is 0 Å². The second kappa shape index (κ2) is 8.24. The van der Waals surface area contributed by atoms with Crippen LogP contribution >= 0.6 is 11.8 Å². The van der Waals surface area contributed by atoms with Gasteiger partial charge in [-0.1, -0.05) is 49.0 Å². The van der Waals surface area contributed by atoms with E-state index < -0.39 is 4.92 Å². The van der Waals surface area contributed by atoms with Gasteiger partial charge in [0.2, 0.25) is 5.82 Å². The van der Waals surface area contributed by atoms with Crippen molar-refractivity contribution in [2.45, 2.75) is 23.3 Å². The second-order valence-electron chi connectivity index (χ2n) is 6.24. The molecule has 4 aromatic rings. The molecule has 144 valence electrons. The van der Waals surface area contributed by atoms with Crippen molar-refractivity contribution in [1.29, 1.82) is 0 Å². The Kier molecular flexibility index (Phi) is 5.35. The molecule has 0 radical (unpaired) electrons. The van der Waals surface area contributed by atoms with Gasteiger partial charge in [0.1, 0.15) is 6.33 Å². The lowest BCUT2D eigenvalue weighted by molar-refractivity contribution is -0.387. The van der Waals surface area contributed by atoms with Gasteiger partial charge < -0.3 is 5.32 Å². The first-order valence-electron chi connectivity index (χ1n) is 9.02. The maximum absolute atomic E-state index is 11.8. The summed E-state index contributed by atoms with van der Waals surface area (Å²) in [5, 5.41) is 16.1. The molecule has 0 atom stereocenters. The van der Waals surface area contributed by atoms with Gasteiger partial charge in [-0.3, -0.25) is 15.1 Å². The number of benzene rings is 2. The Morgan fingerprint density at radius 3 is 2.59 bits per heavy atom. The minimum absolute atomic E-state index is 0.157. The number of aryl methyl sites for hydroxylation is 1. The Hall–Kier alpha value is -3.52. The average Bonchev–Trinajstić information content (AvgIpc) is 2.74. The highest BCUT2D eigenvalue weighted by atomic mass is 32.2. The zero-order chi connectivity index (χ0) is 20.2. The Morgan fingerprint density at radius 2 is 1.83 bits per heavy atom. The van der Waals surface area contributed by atoms with Crippen LogP contribution in [0, 0.1) is 10.1 Å². The van der Waals surface area contributed by atoms with Crippen molar-refractivity contribution in [2.24, 2.45) is 0 Å². The first kappa shape index (κ1) is 18.8. The number of hydrogen-bond acceptors (Lipinski definition) is 7. The Bertz CT molecular complexity index is 1180. The van der Waals surface area contributed by atoms with E-state index in [0.717, 1.165) is 27.9 Å². The molecule has 29 heavy (non-hydrogen) atoms. The number of nitrogens with zero attached hydrogens (tertiary/aromatic N) is 4. The molecule has 0 bridgehead atoms. The van der Waals surface area contributed by atoms with Crippen LogP contribution < -0.4 is 5.32 Å². The van der Waals surface area contributed by atoms with Crippen LogP contribution in [-0.4, -0.2) is 19.9 Å². The van der Waals surface area contributed by atoms with Crippen molar-refractivity contribution < 1.29 is 4.92 Å². The summed E-state index contributed by atoms with van der Waals surface area (Å²) >= 11 is 1.21. The molecule has 7 nitrogen and oxygen atoms in total. The molecule has 0 aliphatic rings. The van der Waals surface area contributed by atoms with Crippen LogP contribution in [-0.2, 0) is 6.42 Å². The molecule has 0 spiro atoms. The Balaban J connectivity index is 1.72. The van der Waals surface area contributed by atoms with Gasteiger partial charge in [-0.25, -0.2) is 9.97 Å². The lowest BCUT2D eigenvalue weighted by atomic mass is 10.1. The predicted molar refractivity (Wildman–Crippen MR) is 114 cm³/mol. The predicted octanol–water partition coefficient (Wildman–Crippen LogP) is 5.39. The molecule has 8 heteroatoms. The summed E-state index contributed by atoms with van der Waals surface area (Å²) in [5.74, 6) is 0.157. The van der Waals surface area contributed by atoms with E-state index in [1.807, 2.05) is 54.6 Å². The van der Waals surface area contributed by atoms with Gasteiger partial charge in [-0.15, -0.1) is 0 Å². The summed E-state index contributed by atoms with van der Waals surface area (Å²) in [6, 6.07) is 17.3. The number of nitro groups is 1. The third kappa shape index (κ3) is 4.02. The summed E-state index contributed by atoms with van der Waals surface area (Å²) < 4.78 is 0. The standard InChI is InChI=1S/C21H17N5O2S/c1-2-14-8-10-16(11-9-14)25-20-19(26(27)28)21(24-13-23-20)29-17-7-3-5-15-6-4-12-22-18(15)17/h3-13H,2H2,1H3,(H,23,24,25). The monoisotopic (exact) mass is 403 g/mol. The first-order valence-corrected chi connectivity index (χ1v) is 9.84. The zero-order valence-corrected chi connectivity index (χ0v) is 16.4. The molecule has 0 saturated heterocycles. The number of anilines is 2. The van der Waals surface area contributed by atoms with Crippen molar-refractivity contribution in [2.75, 3.05) is 5.32 Å². The summed E-state index contributed by atoms with van der Waals surface area (Å²) in [7, 11) is 0. The van der Waals surface area contributed by atoms with Crippen LogP contribution in [0.1, 0.15) is 12.5 Å². The summed E-state index contributed by atoms with van der Waals surface area (Å²) in [5.41, 5.74) is 2.53. The van der Waals surface area contributed by atoms with Crippen molar-refractivity contribution >= 4 is 39.9 Å². The van der Waals surface area contributed by atoms with Crippen molar-refractivity contribution in [3.05, 3.63) is 82.8 Å². The van der Waals surface area contributed by atoms with E-state index in [4.69, 9.17) is 0 Å². The number of pyridine rings is 1. The van der Waals surface area contributed by atoms with E-state index in [1.54, 1.807) is 6.20 Å². The Morgan fingerprint density at radius 1 is 1.03 bits per heavy atom. The van der Waals surface area contributed by atoms with Gasteiger partial charge in [0, 0.05) is 22.2 Å². The highest BCUT2D eigenvalue weighted by molar-refractivity contribution is 7.99. The van der Waals surface area contributed by atoms with Crippen molar-refractivity contribution in [3.63, 3.8) is 0 Å². The second-order valence-corrected chi connectivity index (χ2v) is 7.27. The van der Waals surface area contributed by atoms with Crippen LogP contribution in [0.4, 0.5) is 17.2 Å². The van der Waals surface area contributed by atoms with Crippen molar-refractivity contribution in [3.8, 4) is 0 Å². The highest BCUT2D eigenvalue weighted by Crippen LogP contribution is 2.39. The molecule has 4 rings (SSSR count). The lowest BCUT2D eigenvalue weighted by Crippen LogP contribution is -2.03. The van der Waals surface area contributed by atoms with E-state index in [-0.39, 0.29) is 16.5 Å². The number of fused-ring (bicyclic) bond motifs is 1. The minimum Gasteiger partial charge on any atom is -0.334 e. The van der Waals surface area contributed by atoms with E-state index in [1.165, 1.54) is 23.7 Å². The molecule has 0 aliphatic heterocycles. The fraction of sp³-hybridized carbons (Fsp3) is 0.0952. The molecule has 0 amide bonds. The fourth-order valence-electron chi connectivity index (χ4n) is 2.92. The number of para-hydroxylation sites is 1. The van der Waals surface area contributed by atoms with E-state index in [9.17, 15) is 10.1 Å². The molecule has 2 aromatic carbocycles. The van der Waals surface area contributed by atoms with Gasteiger partial charge in [0.05, 0.1) is 10.4 Å². The Labute approximate surface area is 171 Å². The van der Waals surface area contributed by atoms with Crippen LogP contribution in [0.2, 0.25) is 0 Å². The quantitative estimate of drug-likeness (QED) is 0.262. The van der Waals surface area contributed by atoms with E-state index in [0.29, 0.717) is 0 Å². The van der Waals surface area contributed by atoms with Crippen LogP contribution in [0.5, 0.6) is 0 Å². The first-order chi connectivity index (χ1) is 14.2. The zero-order valence-electron chi connectivity index (χ0n) is 15.6. The minimum atomic E-state index is -0.455. The third-order valence-electron chi connectivity index (χ3n) is 4.40. The van der Waals surface area contributed by atoms with Gasteiger partial charge >= 0.3 is 5.69 Å². The lowest BCUT2D eigenvalue weighted by Gasteiger charge is -2.09. The average molecular weight is 403 g/mol. The number of hydrogen-bond donors (Lipinski definition) is 1. The third-order valence-corrected chi connectivity index (χ3v) is 5.44. The highest BCUT2D eigenvalue weighted by Gasteiger charge is 2.24. The van der Waals surface area contributed by atoms with Crippen LogP contribution in [0.3, 0.4) is 0 Å². The molecule has 2 heterocycles. The topological polar surface area (TPSA) is 93.8 Å². The molecule has 0 saturated carbocycles. The smallest absolute Gasteiger partial charge is 0.334 e. The molecular weight excluding hydrogens is 386 g/mol. The van der Waals surface area contributed by atoms with Crippen LogP contribution in [0.15, 0.2) is 77.0 Å². The maximum Gasteiger partial charge on any atom is 0.343 e. The number of aromatic nitrogens is 3. The molecular formula is C21H17N5O2S. The van der Waals surface area contributed by atoms with Gasteiger partial charge in [0.25, 0.3) is 0 Å². The van der Waals surface area contributed by atoms with Gasteiger partial charge in [0.15, 0.2) is 5.03 Å². The molecule has 1 N–H and O–H groups in total. The summed E-state index contributed by atoms with van der Waals surface area (Å²) in [6.07, 6.45) is 3.96. The molecule has 0 unspecified atom stereocenters. The molecule has 2 aromatic heterocycles. The van der Waals surface area contributed by atoms with Gasteiger partial charge in [-0.2, -0.15) is 0 Å². The fourth-order valence-corrected chi connectivity index (χ4v) is 3.91. The van der Waals surface area contributed by atoms with E-state index in [2.05, 4.69) is 27.2 Å². The molecule has 0 aliphatic carbocycles. The normalized spacial score (nSPS) is 10.8. The number of rotatable bonds is 6. The van der Waals surface area contributed by atoms with Gasteiger partial charge in [-0.05, 0) is 36.2 Å². The number of nitrogens with one attached hydrogen (secondary N) is 1. The summed E-state index contributed by atoms with van der Waals surface area (Å²) in [6.45, 7) is 2.07. The van der Waals surface area contributed by atoms with Crippen LogP contribution in [0.25, 0.3) is 10.9 Å².